The molecule has 0 atom stereocenters. The van der Waals surface area contributed by atoms with Crippen molar-refractivity contribution in [3.63, 3.8) is 0 Å². The van der Waals surface area contributed by atoms with Crippen molar-refractivity contribution < 1.29 is 0 Å². The Morgan fingerprint density at radius 2 is 0.552 bits per heavy atom. The van der Waals surface area contributed by atoms with E-state index in [-0.39, 0.29) is 4.84 Å². The number of hydrogen-bond acceptors (Lipinski definition) is 0. The number of rotatable bonds is 25. The lowest BCUT2D eigenvalue weighted by molar-refractivity contribution is 0.516. The zero-order valence-corrected chi connectivity index (χ0v) is 21.5. The molecule has 0 aromatic heterocycles. The second-order valence-corrected chi connectivity index (χ2v) is 10.6. The third kappa shape index (κ3) is 28.6. The van der Waals surface area contributed by atoms with Gasteiger partial charge in [0.15, 0.2) is 0 Å². The van der Waals surface area contributed by atoms with E-state index in [0.29, 0.717) is 0 Å². The van der Waals surface area contributed by atoms with Crippen LogP contribution in [0.5, 0.6) is 0 Å². The maximum absolute atomic E-state index is 5.74. The van der Waals surface area contributed by atoms with Crippen molar-refractivity contribution in [2.75, 3.05) is 0 Å². The van der Waals surface area contributed by atoms with Crippen LogP contribution in [0.2, 0.25) is 0 Å². The van der Waals surface area contributed by atoms with Crippen LogP contribution < -0.4 is 0 Å². The Balaban J connectivity index is 2.98. The monoisotopic (exact) mass is 448 g/mol. The van der Waals surface area contributed by atoms with Gasteiger partial charge in [0, 0.05) is 0 Å². The average Bonchev–Trinajstić information content (AvgIpc) is 2.71. The van der Waals surface area contributed by atoms with Crippen molar-refractivity contribution in [2.24, 2.45) is 0 Å². The highest BCUT2D eigenvalue weighted by Gasteiger charge is 1.98. The molecule has 0 amide bonds. The van der Waals surface area contributed by atoms with E-state index in [1.54, 1.807) is 0 Å². The second kappa shape index (κ2) is 26.6. The van der Waals surface area contributed by atoms with Crippen LogP contribution in [0.1, 0.15) is 167 Å². The van der Waals surface area contributed by atoms with E-state index in [4.69, 9.17) is 23.2 Å². The Bertz CT molecular complexity index is 278. The molecule has 176 valence electrons. The van der Waals surface area contributed by atoms with Gasteiger partial charge in [-0.05, 0) is 6.42 Å². The summed E-state index contributed by atoms with van der Waals surface area (Å²) < 4.78 is 0. The number of alkyl halides is 2. The zero-order valence-electron chi connectivity index (χ0n) is 20.0. The molecule has 0 spiro atoms. The number of unbranched alkanes of at least 4 members (excludes halogenated alkanes) is 23. The van der Waals surface area contributed by atoms with Crippen molar-refractivity contribution in [3.8, 4) is 0 Å². The van der Waals surface area contributed by atoms with Crippen LogP contribution in [0.15, 0.2) is 0 Å². The summed E-state index contributed by atoms with van der Waals surface area (Å²) in [6.07, 6.45) is 35.4. The third-order valence-electron chi connectivity index (χ3n) is 6.28. The molecule has 0 radical (unpaired) electrons. The standard InChI is InChI=1S/C27H54Cl2/c1-2-3-4-5-6-7-8-9-10-11-12-13-14-15-16-17-18-19-20-21-22-23-24-25-26-27(28)29/h27H,2-26H2,1H3. The Morgan fingerprint density at radius 3 is 0.759 bits per heavy atom. The fourth-order valence-electron chi connectivity index (χ4n) is 4.26. The molecular weight excluding hydrogens is 395 g/mol. The van der Waals surface area contributed by atoms with Crippen molar-refractivity contribution in [1.29, 1.82) is 0 Å². The molecule has 0 N–H and O–H groups in total. The maximum Gasteiger partial charge on any atom is 0.107 e. The first kappa shape index (κ1) is 29.6. The van der Waals surface area contributed by atoms with E-state index in [9.17, 15) is 0 Å². The van der Waals surface area contributed by atoms with Gasteiger partial charge in [0.05, 0.1) is 0 Å². The molecule has 0 saturated carbocycles. The number of halogens is 2. The molecule has 0 heterocycles. The summed E-state index contributed by atoms with van der Waals surface area (Å²) in [6.45, 7) is 2.30. The van der Waals surface area contributed by atoms with Gasteiger partial charge >= 0.3 is 0 Å². The van der Waals surface area contributed by atoms with Crippen LogP contribution in [-0.2, 0) is 0 Å². The smallest absolute Gasteiger partial charge is 0.105 e. The second-order valence-electron chi connectivity index (χ2n) is 9.31. The van der Waals surface area contributed by atoms with E-state index in [1.807, 2.05) is 0 Å². The number of hydrogen-bond donors (Lipinski definition) is 0. The third-order valence-corrected chi connectivity index (χ3v) is 6.71. The lowest BCUT2D eigenvalue weighted by Gasteiger charge is -2.04. The molecule has 0 bridgehead atoms. The highest BCUT2D eigenvalue weighted by atomic mass is 35.5. The predicted molar refractivity (Wildman–Crippen MR) is 137 cm³/mol. The molecular formula is C27H54Cl2. The van der Waals surface area contributed by atoms with E-state index in [2.05, 4.69) is 6.92 Å². The van der Waals surface area contributed by atoms with Crippen LogP contribution in [0, 0.1) is 0 Å². The van der Waals surface area contributed by atoms with Gasteiger partial charge in [0.1, 0.15) is 4.84 Å². The Hall–Kier alpha value is 0.580. The molecule has 0 saturated heterocycles. The molecule has 0 aliphatic rings. The van der Waals surface area contributed by atoms with Gasteiger partial charge in [0.25, 0.3) is 0 Å². The summed E-state index contributed by atoms with van der Waals surface area (Å²) in [4.78, 5) is -0.158. The van der Waals surface area contributed by atoms with E-state index in [1.165, 1.54) is 154 Å². The topological polar surface area (TPSA) is 0 Å². The molecule has 29 heavy (non-hydrogen) atoms. The first-order chi connectivity index (χ1) is 14.3. The van der Waals surface area contributed by atoms with E-state index < -0.39 is 0 Å². The Labute approximate surface area is 195 Å². The van der Waals surface area contributed by atoms with Gasteiger partial charge < -0.3 is 0 Å². The summed E-state index contributed by atoms with van der Waals surface area (Å²) in [5, 5.41) is 0. The zero-order chi connectivity index (χ0) is 21.3. The first-order valence-corrected chi connectivity index (χ1v) is 14.4. The molecule has 0 nitrogen and oxygen atoms in total. The van der Waals surface area contributed by atoms with Crippen LogP contribution in [0.4, 0.5) is 0 Å². The lowest BCUT2D eigenvalue weighted by Crippen LogP contribution is -1.87. The summed E-state index contributed by atoms with van der Waals surface area (Å²) in [5.41, 5.74) is 0. The minimum Gasteiger partial charge on any atom is -0.105 e. The minimum absolute atomic E-state index is 0.158. The van der Waals surface area contributed by atoms with Crippen LogP contribution >= 0.6 is 23.2 Å². The molecule has 2 heteroatoms. The molecule has 0 aromatic carbocycles. The Morgan fingerprint density at radius 1 is 0.345 bits per heavy atom. The molecule has 0 fully saturated rings. The van der Waals surface area contributed by atoms with Gasteiger partial charge in [-0.2, -0.15) is 0 Å². The van der Waals surface area contributed by atoms with Crippen molar-refractivity contribution in [2.45, 2.75) is 172 Å². The van der Waals surface area contributed by atoms with E-state index in [0.717, 1.165) is 6.42 Å². The predicted octanol–water partition coefficient (Wildman–Crippen LogP) is 11.6. The summed E-state index contributed by atoms with van der Waals surface area (Å²) >= 11 is 11.5. The van der Waals surface area contributed by atoms with Gasteiger partial charge in [-0.1, -0.05) is 161 Å². The molecule has 0 aliphatic heterocycles. The van der Waals surface area contributed by atoms with Gasteiger partial charge in [0.2, 0.25) is 0 Å². The quantitative estimate of drug-likeness (QED) is 0.0960. The molecule has 0 rings (SSSR count). The summed E-state index contributed by atoms with van der Waals surface area (Å²) in [6, 6.07) is 0. The van der Waals surface area contributed by atoms with Crippen LogP contribution in [-0.4, -0.2) is 4.84 Å². The normalized spacial score (nSPS) is 11.6. The fraction of sp³-hybridized carbons (Fsp3) is 1.00. The SMILES string of the molecule is CCCCCCCCCCCCCCCCCCCCCCCCCCC(Cl)Cl. The van der Waals surface area contributed by atoms with Crippen molar-refractivity contribution in [3.05, 3.63) is 0 Å². The lowest BCUT2D eigenvalue weighted by atomic mass is 10.0. The van der Waals surface area contributed by atoms with Crippen molar-refractivity contribution in [1.82, 2.24) is 0 Å². The summed E-state index contributed by atoms with van der Waals surface area (Å²) in [7, 11) is 0. The summed E-state index contributed by atoms with van der Waals surface area (Å²) in [5.74, 6) is 0. The van der Waals surface area contributed by atoms with E-state index >= 15 is 0 Å². The van der Waals surface area contributed by atoms with Gasteiger partial charge in [-0.25, -0.2) is 0 Å². The fourth-order valence-corrected chi connectivity index (χ4v) is 4.57. The van der Waals surface area contributed by atoms with Gasteiger partial charge in [-0.15, -0.1) is 23.2 Å². The largest absolute Gasteiger partial charge is 0.107 e. The van der Waals surface area contributed by atoms with Crippen molar-refractivity contribution >= 4 is 23.2 Å². The maximum atomic E-state index is 5.74. The first-order valence-electron chi connectivity index (χ1n) is 13.6. The molecule has 0 aliphatic carbocycles. The molecule has 0 aromatic rings. The molecule has 0 unspecified atom stereocenters. The highest BCUT2D eigenvalue weighted by molar-refractivity contribution is 6.44. The van der Waals surface area contributed by atoms with Crippen LogP contribution in [0.25, 0.3) is 0 Å². The highest BCUT2D eigenvalue weighted by Crippen LogP contribution is 2.17. The van der Waals surface area contributed by atoms with Crippen LogP contribution in [0.3, 0.4) is 0 Å². The average molecular weight is 450 g/mol. The van der Waals surface area contributed by atoms with Gasteiger partial charge in [-0.3, -0.25) is 0 Å². The Kier molecular flexibility index (Phi) is 27.1. The minimum atomic E-state index is -0.158.